The zero-order valence-electron chi connectivity index (χ0n) is 12.3. The van der Waals surface area contributed by atoms with Gasteiger partial charge in [-0.25, -0.2) is 9.50 Å². The second-order valence-corrected chi connectivity index (χ2v) is 4.87. The minimum Gasteiger partial charge on any atom is -0.493 e. The highest BCUT2D eigenvalue weighted by atomic mass is 35.5. The molecule has 0 bridgehead atoms. The second kappa shape index (κ2) is 5.73. The molecule has 6 nitrogen and oxygen atoms in total. The van der Waals surface area contributed by atoms with Crippen molar-refractivity contribution in [1.29, 1.82) is 0 Å². The molecule has 0 fully saturated rings. The number of halogens is 1. The van der Waals surface area contributed by atoms with Crippen LogP contribution in [0.2, 0.25) is 5.15 Å². The quantitative estimate of drug-likeness (QED) is 0.739. The number of benzene rings is 1. The summed E-state index contributed by atoms with van der Waals surface area (Å²) >= 11 is 5.97. The summed E-state index contributed by atoms with van der Waals surface area (Å²) in [5, 5.41) is 4.66. The van der Waals surface area contributed by atoms with Crippen LogP contribution in [-0.2, 0) is 0 Å². The van der Waals surface area contributed by atoms with Crippen molar-refractivity contribution in [3.8, 4) is 28.5 Å². The van der Waals surface area contributed by atoms with Gasteiger partial charge in [-0.2, -0.15) is 5.10 Å². The van der Waals surface area contributed by atoms with E-state index in [1.54, 1.807) is 44.2 Å². The average Bonchev–Trinajstić information content (AvgIpc) is 2.96. The topological polar surface area (TPSA) is 57.9 Å². The van der Waals surface area contributed by atoms with E-state index in [4.69, 9.17) is 25.8 Å². The molecule has 3 rings (SSSR count). The number of imidazole rings is 1. The molecule has 0 spiro atoms. The molecule has 22 heavy (non-hydrogen) atoms. The molecule has 0 radical (unpaired) electrons. The summed E-state index contributed by atoms with van der Waals surface area (Å²) in [6, 6.07) is 7.18. The van der Waals surface area contributed by atoms with Gasteiger partial charge in [0.1, 0.15) is 5.15 Å². The highest BCUT2D eigenvalue weighted by Crippen LogP contribution is 2.41. The van der Waals surface area contributed by atoms with Crippen LogP contribution in [0.1, 0.15) is 0 Å². The number of hydrogen-bond donors (Lipinski definition) is 0. The van der Waals surface area contributed by atoms with Crippen LogP contribution < -0.4 is 14.2 Å². The third-order valence-electron chi connectivity index (χ3n) is 3.29. The van der Waals surface area contributed by atoms with Gasteiger partial charge >= 0.3 is 0 Å². The maximum Gasteiger partial charge on any atom is 0.203 e. The zero-order chi connectivity index (χ0) is 15.7. The molecule has 0 amide bonds. The largest absolute Gasteiger partial charge is 0.493 e. The Morgan fingerprint density at radius 1 is 1.00 bits per heavy atom. The molecule has 0 aliphatic heterocycles. The molecule has 2 heterocycles. The molecule has 0 saturated heterocycles. The van der Waals surface area contributed by atoms with Crippen LogP contribution in [0.15, 0.2) is 30.5 Å². The number of rotatable bonds is 4. The van der Waals surface area contributed by atoms with E-state index < -0.39 is 0 Å². The molecule has 2 aromatic heterocycles. The lowest BCUT2D eigenvalue weighted by Gasteiger charge is -2.13. The SMILES string of the molecule is COc1cc(-c2cnc3ccc(Cl)nn23)cc(OC)c1OC. The molecule has 114 valence electrons. The fraction of sp³-hybridized carbons (Fsp3) is 0.200. The Morgan fingerprint density at radius 2 is 1.68 bits per heavy atom. The van der Waals surface area contributed by atoms with E-state index >= 15 is 0 Å². The number of hydrogen-bond acceptors (Lipinski definition) is 5. The van der Waals surface area contributed by atoms with E-state index in [-0.39, 0.29) is 0 Å². The average molecular weight is 320 g/mol. The van der Waals surface area contributed by atoms with Crippen molar-refractivity contribution in [2.75, 3.05) is 21.3 Å². The van der Waals surface area contributed by atoms with Crippen molar-refractivity contribution in [3.63, 3.8) is 0 Å². The zero-order valence-corrected chi connectivity index (χ0v) is 13.1. The van der Waals surface area contributed by atoms with Gasteiger partial charge in [-0.3, -0.25) is 0 Å². The van der Waals surface area contributed by atoms with Gasteiger partial charge < -0.3 is 14.2 Å². The number of nitrogens with zero attached hydrogens (tertiary/aromatic N) is 3. The Morgan fingerprint density at radius 3 is 2.27 bits per heavy atom. The van der Waals surface area contributed by atoms with Crippen LogP contribution in [0.25, 0.3) is 16.9 Å². The number of methoxy groups -OCH3 is 3. The molecule has 0 aliphatic carbocycles. The van der Waals surface area contributed by atoms with E-state index in [9.17, 15) is 0 Å². The molecule has 0 atom stereocenters. The van der Waals surface area contributed by atoms with E-state index in [0.29, 0.717) is 28.0 Å². The van der Waals surface area contributed by atoms with Crippen molar-refractivity contribution in [3.05, 3.63) is 35.6 Å². The van der Waals surface area contributed by atoms with Crippen molar-refractivity contribution in [2.24, 2.45) is 0 Å². The Balaban J connectivity index is 2.24. The fourth-order valence-corrected chi connectivity index (χ4v) is 2.42. The Kier molecular flexibility index (Phi) is 3.77. The van der Waals surface area contributed by atoms with Gasteiger partial charge in [0.15, 0.2) is 17.1 Å². The summed E-state index contributed by atoms with van der Waals surface area (Å²) < 4.78 is 17.7. The van der Waals surface area contributed by atoms with Crippen LogP contribution in [0, 0.1) is 0 Å². The van der Waals surface area contributed by atoms with E-state index in [0.717, 1.165) is 11.3 Å². The molecular weight excluding hydrogens is 306 g/mol. The summed E-state index contributed by atoms with van der Waals surface area (Å²) in [4.78, 5) is 4.32. The van der Waals surface area contributed by atoms with Crippen LogP contribution in [0.3, 0.4) is 0 Å². The first kappa shape index (κ1) is 14.5. The molecule has 0 saturated carbocycles. The summed E-state index contributed by atoms with van der Waals surface area (Å²) in [7, 11) is 4.71. The highest BCUT2D eigenvalue weighted by molar-refractivity contribution is 6.29. The van der Waals surface area contributed by atoms with Crippen molar-refractivity contribution < 1.29 is 14.2 Å². The third kappa shape index (κ3) is 2.31. The first-order valence-corrected chi connectivity index (χ1v) is 6.86. The van der Waals surface area contributed by atoms with Gasteiger partial charge in [-0.05, 0) is 24.3 Å². The first-order chi connectivity index (χ1) is 10.7. The van der Waals surface area contributed by atoms with Gasteiger partial charge in [0.05, 0.1) is 33.2 Å². The Labute approximate surface area is 132 Å². The molecular formula is C15H14ClN3O3. The summed E-state index contributed by atoms with van der Waals surface area (Å²) in [6.07, 6.45) is 1.72. The standard InChI is InChI=1S/C15H14ClN3O3/c1-20-11-6-9(7-12(21-2)15(11)22-3)10-8-17-14-5-4-13(16)18-19(10)14/h4-8H,1-3H3. The monoisotopic (exact) mass is 319 g/mol. The predicted octanol–water partition coefficient (Wildman–Crippen LogP) is 3.08. The summed E-state index contributed by atoms with van der Waals surface area (Å²) in [6.45, 7) is 0. The Hall–Kier alpha value is -2.47. The molecule has 1 aromatic carbocycles. The van der Waals surface area contributed by atoms with Gasteiger partial charge in [-0.15, -0.1) is 0 Å². The van der Waals surface area contributed by atoms with Crippen molar-refractivity contribution in [2.45, 2.75) is 0 Å². The maximum atomic E-state index is 5.97. The smallest absolute Gasteiger partial charge is 0.203 e. The lowest BCUT2D eigenvalue weighted by molar-refractivity contribution is 0.324. The Bertz CT molecular complexity index is 807. The summed E-state index contributed by atoms with van der Waals surface area (Å²) in [5.74, 6) is 1.66. The van der Waals surface area contributed by atoms with Gasteiger partial charge in [0.2, 0.25) is 5.75 Å². The first-order valence-electron chi connectivity index (χ1n) is 6.48. The van der Waals surface area contributed by atoms with Crippen LogP contribution >= 0.6 is 11.6 Å². The normalized spacial score (nSPS) is 10.7. The van der Waals surface area contributed by atoms with Crippen molar-refractivity contribution in [1.82, 2.24) is 14.6 Å². The number of fused-ring (bicyclic) bond motifs is 1. The molecule has 0 N–H and O–H groups in total. The van der Waals surface area contributed by atoms with E-state index in [1.165, 1.54) is 0 Å². The molecule has 0 aliphatic rings. The van der Waals surface area contributed by atoms with Crippen LogP contribution in [-0.4, -0.2) is 35.9 Å². The van der Waals surface area contributed by atoms with E-state index in [1.807, 2.05) is 12.1 Å². The second-order valence-electron chi connectivity index (χ2n) is 4.48. The summed E-state index contributed by atoms with van der Waals surface area (Å²) in [5.41, 5.74) is 2.31. The lowest BCUT2D eigenvalue weighted by atomic mass is 10.1. The maximum absolute atomic E-state index is 5.97. The minimum atomic E-state index is 0.388. The van der Waals surface area contributed by atoms with Gasteiger partial charge in [0, 0.05) is 5.56 Å². The highest BCUT2D eigenvalue weighted by Gasteiger charge is 2.16. The van der Waals surface area contributed by atoms with Crippen LogP contribution in [0.5, 0.6) is 17.2 Å². The van der Waals surface area contributed by atoms with Crippen molar-refractivity contribution >= 4 is 17.2 Å². The lowest BCUT2D eigenvalue weighted by Crippen LogP contribution is -1.98. The molecule has 7 heteroatoms. The third-order valence-corrected chi connectivity index (χ3v) is 3.49. The van der Waals surface area contributed by atoms with E-state index in [2.05, 4.69) is 10.1 Å². The number of aromatic nitrogens is 3. The molecule has 0 unspecified atom stereocenters. The van der Waals surface area contributed by atoms with Gasteiger partial charge in [-0.1, -0.05) is 11.6 Å². The van der Waals surface area contributed by atoms with Gasteiger partial charge in [0.25, 0.3) is 0 Å². The fourth-order valence-electron chi connectivity index (χ4n) is 2.28. The van der Waals surface area contributed by atoms with Crippen LogP contribution in [0.4, 0.5) is 0 Å². The molecule has 3 aromatic rings. The number of ether oxygens (including phenoxy) is 3. The predicted molar refractivity (Wildman–Crippen MR) is 83.1 cm³/mol. The minimum absolute atomic E-state index is 0.388.